The molecule has 3 nitrogen and oxygen atoms in total. The lowest BCUT2D eigenvalue weighted by molar-refractivity contribution is 0.135. The first-order valence-electron chi connectivity index (χ1n) is 7.39. The van der Waals surface area contributed by atoms with Crippen molar-refractivity contribution in [3.8, 4) is 0 Å². The first-order valence-corrected chi connectivity index (χ1v) is 7.39. The average molecular weight is 235 g/mol. The second-order valence-electron chi connectivity index (χ2n) is 6.23. The van der Waals surface area contributed by atoms with Crippen molar-refractivity contribution in [1.82, 2.24) is 4.90 Å². The molecule has 0 aromatic heterocycles. The molecule has 0 aromatic rings. The zero-order valence-corrected chi connectivity index (χ0v) is 10.8. The first-order chi connectivity index (χ1) is 8.31. The predicted molar refractivity (Wildman–Crippen MR) is 70.9 cm³/mol. The number of fused-ring (bicyclic) bond motifs is 2. The third-order valence-electron chi connectivity index (χ3n) is 4.81. The van der Waals surface area contributed by atoms with Crippen LogP contribution in [0.3, 0.4) is 0 Å². The van der Waals surface area contributed by atoms with Crippen molar-refractivity contribution >= 4 is 5.96 Å². The molecule has 2 saturated carbocycles. The van der Waals surface area contributed by atoms with E-state index in [0.717, 1.165) is 17.8 Å². The fourth-order valence-electron chi connectivity index (χ4n) is 3.92. The zero-order valence-electron chi connectivity index (χ0n) is 10.8. The van der Waals surface area contributed by atoms with Gasteiger partial charge in [0.05, 0.1) is 6.04 Å². The molecule has 2 N–H and O–H groups in total. The minimum Gasteiger partial charge on any atom is -0.370 e. The van der Waals surface area contributed by atoms with Gasteiger partial charge >= 0.3 is 0 Å². The fourth-order valence-corrected chi connectivity index (χ4v) is 3.92. The molecular formula is C14H25N3. The van der Waals surface area contributed by atoms with E-state index in [9.17, 15) is 0 Å². The predicted octanol–water partition coefficient (Wildman–Crippen LogP) is 2.37. The number of nitrogens with two attached hydrogens (primary N) is 1. The van der Waals surface area contributed by atoms with Crippen LogP contribution in [0.2, 0.25) is 0 Å². The van der Waals surface area contributed by atoms with Crippen LogP contribution in [0.25, 0.3) is 0 Å². The standard InChI is InChI=1S/C14H25N3/c15-14(16-13-6-1-2-7-13)17-9-11-4-3-5-12(8-11)10-17/h11-13H,1-10H2,(H2,15,16). The zero-order chi connectivity index (χ0) is 11.7. The van der Waals surface area contributed by atoms with Crippen LogP contribution >= 0.6 is 0 Å². The molecule has 2 aliphatic carbocycles. The molecule has 2 unspecified atom stereocenters. The van der Waals surface area contributed by atoms with E-state index >= 15 is 0 Å². The highest BCUT2D eigenvalue weighted by Crippen LogP contribution is 2.34. The minimum absolute atomic E-state index is 0.525. The van der Waals surface area contributed by atoms with Crippen molar-refractivity contribution in [2.75, 3.05) is 13.1 Å². The molecule has 96 valence electrons. The molecule has 3 heteroatoms. The minimum atomic E-state index is 0.525. The highest BCUT2D eigenvalue weighted by molar-refractivity contribution is 5.78. The number of hydrogen-bond acceptors (Lipinski definition) is 1. The van der Waals surface area contributed by atoms with Crippen molar-refractivity contribution in [2.24, 2.45) is 22.6 Å². The summed E-state index contributed by atoms with van der Waals surface area (Å²) >= 11 is 0. The summed E-state index contributed by atoms with van der Waals surface area (Å²) < 4.78 is 0. The lowest BCUT2D eigenvalue weighted by Gasteiger charge is -2.42. The van der Waals surface area contributed by atoms with E-state index in [4.69, 9.17) is 10.7 Å². The molecule has 3 fully saturated rings. The number of piperidine rings is 1. The molecule has 0 amide bonds. The molecule has 0 spiro atoms. The van der Waals surface area contributed by atoms with Crippen LogP contribution in [0.15, 0.2) is 4.99 Å². The molecule has 2 bridgehead atoms. The van der Waals surface area contributed by atoms with Crippen molar-refractivity contribution in [1.29, 1.82) is 0 Å². The van der Waals surface area contributed by atoms with Gasteiger partial charge in [-0.25, -0.2) is 4.99 Å². The van der Waals surface area contributed by atoms with Crippen LogP contribution in [0.1, 0.15) is 51.4 Å². The van der Waals surface area contributed by atoms with Gasteiger partial charge in [0.15, 0.2) is 5.96 Å². The molecule has 0 aromatic carbocycles. The molecule has 2 atom stereocenters. The van der Waals surface area contributed by atoms with Gasteiger partial charge in [-0.2, -0.15) is 0 Å². The molecule has 3 rings (SSSR count). The lowest BCUT2D eigenvalue weighted by atomic mass is 9.78. The van der Waals surface area contributed by atoms with Gasteiger partial charge in [-0.1, -0.05) is 19.3 Å². The third-order valence-corrected chi connectivity index (χ3v) is 4.81. The van der Waals surface area contributed by atoms with Crippen LogP contribution in [0, 0.1) is 11.8 Å². The number of likely N-dealkylation sites (tertiary alicyclic amines) is 1. The first kappa shape index (κ1) is 11.4. The van der Waals surface area contributed by atoms with Gasteiger partial charge in [-0.15, -0.1) is 0 Å². The van der Waals surface area contributed by atoms with Crippen LogP contribution in [-0.4, -0.2) is 30.0 Å². The Hall–Kier alpha value is -0.730. The highest BCUT2D eigenvalue weighted by atomic mass is 15.3. The molecule has 1 heterocycles. The number of nitrogens with zero attached hydrogens (tertiary/aromatic N) is 2. The second kappa shape index (κ2) is 4.87. The average Bonchev–Trinajstić information content (AvgIpc) is 2.81. The second-order valence-corrected chi connectivity index (χ2v) is 6.23. The molecule has 1 aliphatic heterocycles. The maximum atomic E-state index is 6.21. The van der Waals surface area contributed by atoms with E-state index in [1.165, 1.54) is 64.5 Å². The third kappa shape index (κ3) is 2.58. The molecule has 0 radical (unpaired) electrons. The van der Waals surface area contributed by atoms with E-state index < -0.39 is 0 Å². The van der Waals surface area contributed by atoms with Gasteiger partial charge in [0.1, 0.15) is 0 Å². The van der Waals surface area contributed by atoms with Crippen LogP contribution < -0.4 is 5.73 Å². The van der Waals surface area contributed by atoms with E-state index in [0.29, 0.717) is 6.04 Å². The van der Waals surface area contributed by atoms with Crippen molar-refractivity contribution < 1.29 is 0 Å². The van der Waals surface area contributed by atoms with Gasteiger partial charge in [0.2, 0.25) is 0 Å². The summed E-state index contributed by atoms with van der Waals surface area (Å²) in [5.74, 6) is 2.62. The maximum absolute atomic E-state index is 6.21. The summed E-state index contributed by atoms with van der Waals surface area (Å²) in [7, 11) is 0. The van der Waals surface area contributed by atoms with Gasteiger partial charge < -0.3 is 10.6 Å². The number of aliphatic imine (C=N–C) groups is 1. The van der Waals surface area contributed by atoms with Gasteiger partial charge in [-0.05, 0) is 43.9 Å². The number of rotatable bonds is 1. The SMILES string of the molecule is NC(=NC1CCCC1)N1CC2CCCC(C2)C1. The Morgan fingerprint density at radius 2 is 1.59 bits per heavy atom. The Morgan fingerprint density at radius 3 is 2.24 bits per heavy atom. The number of hydrogen-bond donors (Lipinski definition) is 1. The quantitative estimate of drug-likeness (QED) is 0.560. The van der Waals surface area contributed by atoms with E-state index in [1.807, 2.05) is 0 Å². The van der Waals surface area contributed by atoms with E-state index in [2.05, 4.69) is 4.90 Å². The maximum Gasteiger partial charge on any atom is 0.191 e. The van der Waals surface area contributed by atoms with Crippen LogP contribution in [0.5, 0.6) is 0 Å². The largest absolute Gasteiger partial charge is 0.370 e. The Labute approximate surface area is 104 Å². The topological polar surface area (TPSA) is 41.6 Å². The van der Waals surface area contributed by atoms with Gasteiger partial charge in [0.25, 0.3) is 0 Å². The van der Waals surface area contributed by atoms with E-state index in [-0.39, 0.29) is 0 Å². The number of guanidine groups is 1. The normalized spacial score (nSPS) is 35.3. The summed E-state index contributed by atoms with van der Waals surface area (Å²) in [5.41, 5.74) is 6.21. The summed E-state index contributed by atoms with van der Waals surface area (Å²) in [6.07, 6.45) is 10.9. The fraction of sp³-hybridized carbons (Fsp3) is 0.929. The summed E-state index contributed by atoms with van der Waals surface area (Å²) in [4.78, 5) is 7.12. The Kier molecular flexibility index (Phi) is 3.26. The van der Waals surface area contributed by atoms with Gasteiger partial charge in [-0.3, -0.25) is 0 Å². The molecular weight excluding hydrogens is 210 g/mol. The van der Waals surface area contributed by atoms with Gasteiger partial charge in [0, 0.05) is 13.1 Å². The van der Waals surface area contributed by atoms with E-state index in [1.54, 1.807) is 0 Å². The monoisotopic (exact) mass is 235 g/mol. The Bertz CT molecular complexity index is 282. The van der Waals surface area contributed by atoms with Crippen LogP contribution in [-0.2, 0) is 0 Å². The molecule has 3 aliphatic rings. The molecule has 1 saturated heterocycles. The molecule has 17 heavy (non-hydrogen) atoms. The Morgan fingerprint density at radius 1 is 0.941 bits per heavy atom. The lowest BCUT2D eigenvalue weighted by Crippen LogP contribution is -2.49. The Balaban J connectivity index is 1.63. The van der Waals surface area contributed by atoms with Crippen molar-refractivity contribution in [3.63, 3.8) is 0 Å². The summed E-state index contributed by atoms with van der Waals surface area (Å²) in [6.45, 7) is 2.33. The summed E-state index contributed by atoms with van der Waals surface area (Å²) in [6, 6.07) is 0.525. The highest BCUT2D eigenvalue weighted by Gasteiger charge is 2.31. The smallest absolute Gasteiger partial charge is 0.191 e. The van der Waals surface area contributed by atoms with Crippen LogP contribution in [0.4, 0.5) is 0 Å². The summed E-state index contributed by atoms with van der Waals surface area (Å²) in [5, 5.41) is 0. The van der Waals surface area contributed by atoms with Crippen molar-refractivity contribution in [2.45, 2.75) is 57.4 Å². The van der Waals surface area contributed by atoms with Crippen molar-refractivity contribution in [3.05, 3.63) is 0 Å².